The first-order valence-electron chi connectivity index (χ1n) is 2.60. The monoisotopic (exact) mass is 134 g/mol. The Morgan fingerprint density at radius 3 is 1.88 bits per heavy atom. The Bertz CT molecular complexity index is 65.7. The van der Waals surface area contributed by atoms with Crippen molar-refractivity contribution in [2.24, 2.45) is 0 Å². The summed E-state index contributed by atoms with van der Waals surface area (Å²) in [6.45, 7) is 4.47. The molecular formula is C4H10O3Si. The van der Waals surface area contributed by atoms with Crippen molar-refractivity contribution >= 4 is 9.17 Å². The van der Waals surface area contributed by atoms with E-state index in [-0.39, 0.29) is 0 Å². The maximum Gasteiger partial charge on any atom is 0.767 e. The highest BCUT2D eigenvalue weighted by atomic mass is 28.3. The minimum absolute atomic E-state index is 0.456. The molecule has 0 atom stereocenters. The first kappa shape index (κ1) is 7.62. The molecular weight excluding hydrogens is 124 g/mol. The van der Waals surface area contributed by atoms with Gasteiger partial charge in [-0.15, -0.1) is 0 Å². The van der Waals surface area contributed by atoms with Crippen molar-refractivity contribution in [2.45, 2.75) is 13.8 Å². The molecule has 0 amide bonds. The first-order valence-corrected chi connectivity index (χ1v) is 3.83. The van der Waals surface area contributed by atoms with Gasteiger partial charge < -0.3 is 8.85 Å². The minimum atomic E-state index is -2.14. The van der Waals surface area contributed by atoms with Gasteiger partial charge in [0.25, 0.3) is 0 Å². The zero-order valence-corrected chi connectivity index (χ0v) is 6.14. The fourth-order valence-electron chi connectivity index (χ4n) is 0.277. The van der Waals surface area contributed by atoms with Crippen LogP contribution in [0.5, 0.6) is 0 Å². The largest absolute Gasteiger partial charge is 0.767 e. The molecule has 0 N–H and O–H groups in total. The molecule has 0 fully saturated rings. The smallest absolute Gasteiger partial charge is 0.496 e. The zero-order chi connectivity index (χ0) is 6.41. The molecule has 3 nitrogen and oxygen atoms in total. The molecule has 0 aliphatic heterocycles. The van der Waals surface area contributed by atoms with Crippen LogP contribution in [0, 0.1) is 0 Å². The molecule has 48 valence electrons. The second-order valence-corrected chi connectivity index (χ2v) is 2.19. The van der Waals surface area contributed by atoms with E-state index >= 15 is 0 Å². The average molecular weight is 134 g/mol. The van der Waals surface area contributed by atoms with Crippen molar-refractivity contribution in [3.05, 3.63) is 0 Å². The first-order chi connectivity index (χ1) is 3.81. The van der Waals surface area contributed by atoms with E-state index in [1.54, 1.807) is 13.8 Å². The molecule has 0 aromatic carbocycles. The molecule has 0 aromatic heterocycles. The summed E-state index contributed by atoms with van der Waals surface area (Å²) >= 11 is 0. The molecule has 0 heterocycles. The molecule has 0 radical (unpaired) electrons. The molecule has 4 heteroatoms. The van der Waals surface area contributed by atoms with Crippen LogP contribution < -0.4 is 0 Å². The second-order valence-electron chi connectivity index (χ2n) is 1.12. The lowest BCUT2D eigenvalue weighted by Gasteiger charge is -1.97. The molecule has 0 bridgehead atoms. The summed E-state index contributed by atoms with van der Waals surface area (Å²) in [5.74, 6) is 0. The van der Waals surface area contributed by atoms with Crippen LogP contribution in [0.1, 0.15) is 13.8 Å². The summed E-state index contributed by atoms with van der Waals surface area (Å²) in [5, 5.41) is 0. The van der Waals surface area contributed by atoms with Gasteiger partial charge in [-0.3, -0.25) is 4.46 Å². The van der Waals surface area contributed by atoms with Gasteiger partial charge in [0.2, 0.25) is 0 Å². The highest BCUT2D eigenvalue weighted by Gasteiger charge is 2.05. The topological polar surface area (TPSA) is 35.5 Å². The number of hydrogen-bond acceptors (Lipinski definition) is 3. The van der Waals surface area contributed by atoms with Crippen molar-refractivity contribution in [2.75, 3.05) is 13.2 Å². The molecule has 0 saturated carbocycles. The van der Waals surface area contributed by atoms with Gasteiger partial charge in [-0.25, -0.2) is 0 Å². The standard InChI is InChI=1S/C4H10O3Si/c1-3-6-8(5)7-4-2/h3-4H2,1-2H3. The zero-order valence-electron chi connectivity index (χ0n) is 5.14. The third-order valence-corrected chi connectivity index (χ3v) is 1.57. The maximum absolute atomic E-state index is 10.4. The minimum Gasteiger partial charge on any atom is -0.496 e. The van der Waals surface area contributed by atoms with Crippen LogP contribution in [0.2, 0.25) is 0 Å². The van der Waals surface area contributed by atoms with Gasteiger partial charge in [0.05, 0.1) is 13.2 Å². The Balaban J connectivity index is 3.06. The molecule has 0 saturated heterocycles. The van der Waals surface area contributed by atoms with Crippen LogP contribution in [-0.4, -0.2) is 22.4 Å². The Hall–Kier alpha value is -0.383. The van der Waals surface area contributed by atoms with Gasteiger partial charge in [-0.05, 0) is 13.8 Å². The molecule has 8 heavy (non-hydrogen) atoms. The summed E-state index contributed by atoms with van der Waals surface area (Å²) < 4.78 is 19.6. The second kappa shape index (κ2) is 4.77. The van der Waals surface area contributed by atoms with E-state index in [0.717, 1.165) is 0 Å². The maximum atomic E-state index is 10.4. The van der Waals surface area contributed by atoms with Crippen molar-refractivity contribution < 1.29 is 13.3 Å². The molecule has 0 aliphatic rings. The van der Waals surface area contributed by atoms with Crippen molar-refractivity contribution in [3.8, 4) is 0 Å². The third kappa shape index (κ3) is 3.79. The normalized spacial score (nSPS) is 8.25. The number of rotatable bonds is 4. The summed E-state index contributed by atoms with van der Waals surface area (Å²) in [5.41, 5.74) is 0. The van der Waals surface area contributed by atoms with Crippen LogP contribution in [-0.2, 0) is 13.3 Å². The Kier molecular flexibility index (Phi) is 4.54. The van der Waals surface area contributed by atoms with E-state index in [9.17, 15) is 4.46 Å². The summed E-state index contributed by atoms with van der Waals surface area (Å²) in [6.07, 6.45) is 0. The summed E-state index contributed by atoms with van der Waals surface area (Å²) in [6, 6.07) is 0. The van der Waals surface area contributed by atoms with Crippen molar-refractivity contribution in [3.63, 3.8) is 0 Å². The highest BCUT2D eigenvalue weighted by Crippen LogP contribution is 1.76. The van der Waals surface area contributed by atoms with Gasteiger partial charge >= 0.3 is 9.17 Å². The van der Waals surface area contributed by atoms with Crippen LogP contribution in [0.4, 0.5) is 0 Å². The van der Waals surface area contributed by atoms with Crippen molar-refractivity contribution in [1.29, 1.82) is 0 Å². The van der Waals surface area contributed by atoms with E-state index in [1.165, 1.54) is 0 Å². The molecule has 0 aliphatic carbocycles. The Morgan fingerprint density at radius 1 is 1.25 bits per heavy atom. The predicted molar refractivity (Wildman–Crippen MR) is 29.7 cm³/mol. The quantitative estimate of drug-likeness (QED) is 0.524. The molecule has 0 rings (SSSR count). The highest BCUT2D eigenvalue weighted by molar-refractivity contribution is 6.26. The average Bonchev–Trinajstić information content (AvgIpc) is 1.68. The van der Waals surface area contributed by atoms with E-state index in [2.05, 4.69) is 8.85 Å². The Labute approximate surface area is 50.5 Å². The summed E-state index contributed by atoms with van der Waals surface area (Å²) in [4.78, 5) is 0. The van der Waals surface area contributed by atoms with E-state index in [4.69, 9.17) is 0 Å². The van der Waals surface area contributed by atoms with E-state index in [1.807, 2.05) is 0 Å². The van der Waals surface area contributed by atoms with Crippen LogP contribution in [0.3, 0.4) is 0 Å². The summed E-state index contributed by atoms with van der Waals surface area (Å²) in [7, 11) is -2.14. The fraction of sp³-hybridized carbons (Fsp3) is 1.00. The predicted octanol–water partition coefficient (Wildman–Crippen LogP) is 0.475. The van der Waals surface area contributed by atoms with Crippen LogP contribution >= 0.6 is 0 Å². The van der Waals surface area contributed by atoms with Gasteiger partial charge in [0.15, 0.2) is 0 Å². The van der Waals surface area contributed by atoms with E-state index < -0.39 is 9.17 Å². The molecule has 0 unspecified atom stereocenters. The number of hydrogen-bond donors (Lipinski definition) is 0. The van der Waals surface area contributed by atoms with Gasteiger partial charge in [-0.2, -0.15) is 0 Å². The van der Waals surface area contributed by atoms with Crippen LogP contribution in [0.25, 0.3) is 0 Å². The SMILES string of the molecule is CCO[Si](=O)OCC. The van der Waals surface area contributed by atoms with Crippen molar-refractivity contribution in [1.82, 2.24) is 0 Å². The van der Waals surface area contributed by atoms with Gasteiger partial charge in [0, 0.05) is 0 Å². The lowest BCUT2D eigenvalue weighted by atomic mass is 10.9. The molecule has 0 spiro atoms. The lowest BCUT2D eigenvalue weighted by molar-refractivity contribution is 0.183. The molecule has 0 aromatic rings. The lowest BCUT2D eigenvalue weighted by Crippen LogP contribution is -2.11. The van der Waals surface area contributed by atoms with Gasteiger partial charge in [0.1, 0.15) is 0 Å². The third-order valence-electron chi connectivity index (χ3n) is 0.524. The van der Waals surface area contributed by atoms with E-state index in [0.29, 0.717) is 13.2 Å². The van der Waals surface area contributed by atoms with Crippen LogP contribution in [0.15, 0.2) is 0 Å². The Morgan fingerprint density at radius 2 is 1.62 bits per heavy atom. The van der Waals surface area contributed by atoms with Gasteiger partial charge in [-0.1, -0.05) is 0 Å². The fourth-order valence-corrected chi connectivity index (χ4v) is 0.832.